The number of anilines is 1. The summed E-state index contributed by atoms with van der Waals surface area (Å²) in [5.74, 6) is 1.19. The third-order valence-corrected chi connectivity index (χ3v) is 6.45. The predicted molar refractivity (Wildman–Crippen MR) is 114 cm³/mol. The van der Waals surface area contributed by atoms with Gasteiger partial charge in [0.25, 0.3) is 0 Å². The summed E-state index contributed by atoms with van der Waals surface area (Å²) in [4.78, 5) is 19.0. The molecule has 2 aliphatic rings. The Morgan fingerprint density at radius 3 is 2.21 bits per heavy atom. The molecule has 28 heavy (non-hydrogen) atoms. The topological polar surface area (TPSA) is 26.8 Å². The van der Waals surface area contributed by atoms with Gasteiger partial charge in [-0.1, -0.05) is 39.8 Å². The molecule has 0 N–H and O–H groups in total. The lowest BCUT2D eigenvalue weighted by Gasteiger charge is -2.39. The highest BCUT2D eigenvalue weighted by Crippen LogP contribution is 2.27. The first kappa shape index (κ1) is 21.1. The number of hydrogen-bond acceptors (Lipinski definition) is 3. The molecule has 3 rings (SSSR count). The lowest BCUT2D eigenvalue weighted by atomic mass is 9.85. The molecule has 2 heterocycles. The monoisotopic (exact) mass is 389 g/mol. The van der Waals surface area contributed by atoms with Gasteiger partial charge >= 0.3 is 0 Å². The smallest absolute Gasteiger partial charge is 0.236 e. The average molecular weight is 390 g/mol. The molecule has 156 valence electrons. The molecular weight excluding hydrogens is 353 g/mol. The lowest BCUT2D eigenvalue weighted by Crippen LogP contribution is -2.53. The summed E-state index contributed by atoms with van der Waals surface area (Å²) in [5.41, 5.74) is 2.58. The van der Waals surface area contributed by atoms with E-state index in [1.807, 2.05) is 9.80 Å². The van der Waals surface area contributed by atoms with Gasteiger partial charge in [-0.3, -0.25) is 9.69 Å². The van der Waals surface area contributed by atoms with Crippen molar-refractivity contribution >= 4 is 11.6 Å². The fourth-order valence-electron chi connectivity index (χ4n) is 4.46. The summed E-state index contributed by atoms with van der Waals surface area (Å²) in [6, 6.07) is 8.78. The highest BCUT2D eigenvalue weighted by molar-refractivity contribution is 5.78. The molecule has 2 atom stereocenters. The van der Waals surface area contributed by atoms with Crippen LogP contribution in [0.3, 0.4) is 0 Å². The van der Waals surface area contributed by atoms with Crippen LogP contribution in [0.1, 0.15) is 45.6 Å². The molecular formula is C23H36FN3O. The van der Waals surface area contributed by atoms with Crippen LogP contribution < -0.4 is 4.90 Å². The Bertz CT molecular complexity index is 638. The van der Waals surface area contributed by atoms with Gasteiger partial charge in [0, 0.05) is 38.4 Å². The summed E-state index contributed by atoms with van der Waals surface area (Å²) in [6.07, 6.45) is 0.0407. The van der Waals surface area contributed by atoms with Crippen LogP contribution in [0.2, 0.25) is 0 Å². The Labute approximate surface area is 169 Å². The van der Waals surface area contributed by atoms with Gasteiger partial charge in [-0.25, -0.2) is 4.39 Å². The molecule has 5 heteroatoms. The van der Waals surface area contributed by atoms with Crippen LogP contribution in [-0.2, 0) is 4.79 Å². The fourth-order valence-corrected chi connectivity index (χ4v) is 4.46. The number of likely N-dealkylation sites (tertiary alicyclic amines) is 1. The molecule has 2 saturated heterocycles. The second-order valence-corrected chi connectivity index (χ2v) is 9.06. The molecule has 2 fully saturated rings. The summed E-state index contributed by atoms with van der Waals surface area (Å²) >= 11 is 0. The van der Waals surface area contributed by atoms with E-state index < -0.39 is 6.17 Å². The molecule has 0 saturated carbocycles. The van der Waals surface area contributed by atoms with Crippen molar-refractivity contribution in [1.82, 2.24) is 9.80 Å². The molecule has 0 aliphatic carbocycles. The lowest BCUT2D eigenvalue weighted by molar-refractivity contribution is -0.133. The van der Waals surface area contributed by atoms with E-state index in [-0.39, 0.29) is 11.8 Å². The molecule has 2 aliphatic heterocycles. The van der Waals surface area contributed by atoms with Gasteiger partial charge in [0.1, 0.15) is 6.17 Å². The van der Waals surface area contributed by atoms with Crippen LogP contribution in [0, 0.1) is 11.8 Å². The standard InChI is InChI=1S/C23H36FN3O/c1-17(2)19-5-7-20(8-6-19)26-11-13-27(14-12-26)23(28)16-25-10-9-21(18(3)4)22(24)15-25/h5-8,17-18,21-22H,9-16H2,1-4H3. The summed E-state index contributed by atoms with van der Waals surface area (Å²) < 4.78 is 14.4. The van der Waals surface area contributed by atoms with Crippen molar-refractivity contribution in [2.24, 2.45) is 11.8 Å². The van der Waals surface area contributed by atoms with E-state index in [0.717, 1.165) is 39.1 Å². The van der Waals surface area contributed by atoms with Crippen LogP contribution in [0.4, 0.5) is 10.1 Å². The van der Waals surface area contributed by atoms with E-state index >= 15 is 0 Å². The van der Waals surface area contributed by atoms with Crippen molar-refractivity contribution in [2.75, 3.05) is 50.7 Å². The van der Waals surface area contributed by atoms with E-state index in [1.165, 1.54) is 11.3 Å². The summed E-state index contributed by atoms with van der Waals surface area (Å²) in [5, 5.41) is 0. The van der Waals surface area contributed by atoms with Crippen LogP contribution >= 0.6 is 0 Å². The van der Waals surface area contributed by atoms with Gasteiger partial charge in [0.2, 0.25) is 5.91 Å². The predicted octanol–water partition coefficient (Wildman–Crippen LogP) is 3.77. The number of alkyl halides is 1. The zero-order chi connectivity index (χ0) is 20.3. The zero-order valence-corrected chi connectivity index (χ0v) is 17.9. The maximum absolute atomic E-state index is 14.4. The van der Waals surface area contributed by atoms with Gasteiger partial charge in [-0.2, -0.15) is 0 Å². The fraction of sp³-hybridized carbons (Fsp3) is 0.696. The molecule has 0 spiro atoms. The zero-order valence-electron chi connectivity index (χ0n) is 17.9. The normalized spacial score (nSPS) is 24.2. The number of nitrogens with zero attached hydrogens (tertiary/aromatic N) is 3. The van der Waals surface area contributed by atoms with E-state index in [4.69, 9.17) is 0 Å². The molecule has 1 aromatic rings. The van der Waals surface area contributed by atoms with Crippen molar-refractivity contribution in [2.45, 2.75) is 46.2 Å². The van der Waals surface area contributed by atoms with Gasteiger partial charge in [-0.05, 0) is 48.4 Å². The molecule has 0 bridgehead atoms. The summed E-state index contributed by atoms with van der Waals surface area (Å²) in [7, 11) is 0. The van der Waals surface area contributed by atoms with Gasteiger partial charge in [0.15, 0.2) is 0 Å². The second kappa shape index (κ2) is 9.25. The van der Waals surface area contributed by atoms with Crippen molar-refractivity contribution < 1.29 is 9.18 Å². The maximum atomic E-state index is 14.4. The van der Waals surface area contributed by atoms with Crippen molar-refractivity contribution in [3.63, 3.8) is 0 Å². The van der Waals surface area contributed by atoms with E-state index in [1.54, 1.807) is 0 Å². The number of halogens is 1. The molecule has 0 aromatic heterocycles. The minimum Gasteiger partial charge on any atom is -0.368 e. The van der Waals surface area contributed by atoms with Crippen molar-refractivity contribution in [1.29, 1.82) is 0 Å². The van der Waals surface area contributed by atoms with E-state index in [9.17, 15) is 9.18 Å². The minimum atomic E-state index is -0.813. The number of carbonyl (C=O) groups excluding carboxylic acids is 1. The maximum Gasteiger partial charge on any atom is 0.236 e. The quantitative estimate of drug-likeness (QED) is 0.767. The number of hydrogen-bond donors (Lipinski definition) is 0. The molecule has 4 nitrogen and oxygen atoms in total. The Morgan fingerprint density at radius 1 is 1.04 bits per heavy atom. The highest BCUT2D eigenvalue weighted by atomic mass is 19.1. The molecule has 1 amide bonds. The molecule has 2 unspecified atom stereocenters. The third kappa shape index (κ3) is 5.05. The first-order valence-corrected chi connectivity index (χ1v) is 10.8. The third-order valence-electron chi connectivity index (χ3n) is 6.45. The van der Waals surface area contributed by atoms with Crippen LogP contribution in [0.5, 0.6) is 0 Å². The van der Waals surface area contributed by atoms with Gasteiger partial charge < -0.3 is 9.80 Å². The van der Waals surface area contributed by atoms with E-state index in [2.05, 4.69) is 56.9 Å². The number of amides is 1. The number of piperazine rings is 1. The second-order valence-electron chi connectivity index (χ2n) is 9.06. The largest absolute Gasteiger partial charge is 0.368 e. The van der Waals surface area contributed by atoms with Crippen molar-refractivity contribution in [3.8, 4) is 0 Å². The van der Waals surface area contributed by atoms with E-state index in [0.29, 0.717) is 24.9 Å². The SMILES string of the molecule is CC(C)c1ccc(N2CCN(C(=O)CN3CCC(C(C)C)C(F)C3)CC2)cc1. The van der Waals surface area contributed by atoms with Crippen LogP contribution in [0.15, 0.2) is 24.3 Å². The van der Waals surface area contributed by atoms with Crippen LogP contribution in [0.25, 0.3) is 0 Å². The Hall–Kier alpha value is -1.62. The Balaban J connectivity index is 1.46. The number of carbonyl (C=O) groups is 1. The van der Waals surface area contributed by atoms with Crippen LogP contribution in [-0.4, -0.2) is 67.7 Å². The Morgan fingerprint density at radius 2 is 1.68 bits per heavy atom. The number of rotatable bonds is 5. The molecule has 1 aromatic carbocycles. The first-order chi connectivity index (χ1) is 13.3. The summed E-state index contributed by atoms with van der Waals surface area (Å²) in [6.45, 7) is 13.4. The minimum absolute atomic E-state index is 0.136. The number of benzene rings is 1. The highest BCUT2D eigenvalue weighted by Gasteiger charge is 2.32. The van der Waals surface area contributed by atoms with Crippen molar-refractivity contribution in [3.05, 3.63) is 29.8 Å². The Kier molecular flexibility index (Phi) is 6.97. The van der Waals surface area contributed by atoms with Gasteiger partial charge in [0.05, 0.1) is 6.54 Å². The van der Waals surface area contributed by atoms with Gasteiger partial charge in [-0.15, -0.1) is 0 Å². The molecule has 0 radical (unpaired) electrons. The number of piperidine rings is 1. The first-order valence-electron chi connectivity index (χ1n) is 10.8. The average Bonchev–Trinajstić information content (AvgIpc) is 2.68.